The number of allylic oxidation sites excluding steroid dienone is 2. The van der Waals surface area contributed by atoms with Gasteiger partial charge in [0.15, 0.2) is 5.78 Å². The summed E-state index contributed by atoms with van der Waals surface area (Å²) in [6.45, 7) is 0. The lowest BCUT2D eigenvalue weighted by molar-refractivity contribution is 0.104. The largest absolute Gasteiger partial charge is 0.289 e. The van der Waals surface area contributed by atoms with Crippen LogP contribution in [-0.4, -0.2) is 5.78 Å². The maximum Gasteiger partial charge on any atom is 0.185 e. The van der Waals surface area contributed by atoms with Crippen LogP contribution in [0.5, 0.6) is 0 Å². The molecule has 29 heavy (non-hydrogen) atoms. The van der Waals surface area contributed by atoms with E-state index in [0.29, 0.717) is 5.56 Å². The predicted octanol–water partition coefficient (Wildman–Crippen LogP) is 6.46. The SMILES string of the molecule is O=C(/C=C\C(c1ccccc1)(c1ccccc1)c1ccccc1)c1ccccc1. The Hall–Kier alpha value is -3.71. The molecule has 0 aromatic heterocycles. The summed E-state index contributed by atoms with van der Waals surface area (Å²) < 4.78 is 0. The summed E-state index contributed by atoms with van der Waals surface area (Å²) in [7, 11) is 0. The number of carbonyl (C=O) groups excluding carboxylic acids is 1. The fraction of sp³-hybridized carbons (Fsp3) is 0.0357. The molecule has 4 rings (SSSR count). The van der Waals surface area contributed by atoms with Gasteiger partial charge in [-0.25, -0.2) is 0 Å². The highest BCUT2D eigenvalue weighted by Gasteiger charge is 2.33. The summed E-state index contributed by atoms with van der Waals surface area (Å²) in [6.07, 6.45) is 3.75. The first-order valence-corrected chi connectivity index (χ1v) is 9.76. The molecule has 0 bridgehead atoms. The molecular formula is C28H22O. The van der Waals surface area contributed by atoms with Gasteiger partial charge in [-0.05, 0) is 22.8 Å². The first-order valence-electron chi connectivity index (χ1n) is 9.76. The van der Waals surface area contributed by atoms with E-state index in [0.717, 1.165) is 16.7 Å². The van der Waals surface area contributed by atoms with E-state index in [4.69, 9.17) is 0 Å². The van der Waals surface area contributed by atoms with E-state index in [2.05, 4.69) is 36.4 Å². The van der Waals surface area contributed by atoms with Gasteiger partial charge in [-0.3, -0.25) is 4.79 Å². The normalized spacial score (nSPS) is 11.4. The summed E-state index contributed by atoms with van der Waals surface area (Å²) in [5.41, 5.74) is 3.49. The molecule has 0 N–H and O–H groups in total. The van der Waals surface area contributed by atoms with E-state index >= 15 is 0 Å². The minimum absolute atomic E-state index is 0.00207. The van der Waals surface area contributed by atoms with Gasteiger partial charge in [-0.1, -0.05) is 127 Å². The molecule has 0 atom stereocenters. The van der Waals surface area contributed by atoms with E-state index in [-0.39, 0.29) is 5.78 Å². The predicted molar refractivity (Wildman–Crippen MR) is 119 cm³/mol. The molecule has 0 aliphatic heterocycles. The summed E-state index contributed by atoms with van der Waals surface area (Å²) in [5.74, 6) is -0.00207. The van der Waals surface area contributed by atoms with Crippen LogP contribution < -0.4 is 0 Å². The Morgan fingerprint density at radius 3 is 1.24 bits per heavy atom. The maximum atomic E-state index is 12.9. The first-order chi connectivity index (χ1) is 14.3. The van der Waals surface area contributed by atoms with Gasteiger partial charge in [-0.2, -0.15) is 0 Å². The lowest BCUT2D eigenvalue weighted by Crippen LogP contribution is -2.27. The summed E-state index contributed by atoms with van der Waals surface area (Å²) >= 11 is 0. The van der Waals surface area contributed by atoms with E-state index in [1.807, 2.05) is 91.0 Å². The van der Waals surface area contributed by atoms with Crippen molar-refractivity contribution in [1.29, 1.82) is 0 Å². The van der Waals surface area contributed by atoms with Crippen molar-refractivity contribution in [2.75, 3.05) is 0 Å². The second kappa shape index (κ2) is 8.53. The Labute approximate surface area is 172 Å². The first kappa shape index (κ1) is 18.6. The lowest BCUT2D eigenvalue weighted by atomic mass is 9.69. The Balaban J connectivity index is 1.93. The number of carbonyl (C=O) groups is 1. The molecule has 4 aromatic carbocycles. The van der Waals surface area contributed by atoms with Crippen LogP contribution in [0.15, 0.2) is 133 Å². The Kier molecular flexibility index (Phi) is 5.49. The van der Waals surface area contributed by atoms with E-state index in [9.17, 15) is 4.79 Å². The van der Waals surface area contributed by atoms with E-state index in [1.54, 1.807) is 6.08 Å². The molecule has 0 saturated carbocycles. The van der Waals surface area contributed by atoms with Crippen LogP contribution in [0.4, 0.5) is 0 Å². The van der Waals surface area contributed by atoms with Crippen molar-refractivity contribution < 1.29 is 4.79 Å². The smallest absolute Gasteiger partial charge is 0.185 e. The van der Waals surface area contributed by atoms with Crippen molar-refractivity contribution >= 4 is 5.78 Å². The average molecular weight is 374 g/mol. The fourth-order valence-electron chi connectivity index (χ4n) is 3.79. The van der Waals surface area contributed by atoms with Crippen molar-refractivity contribution in [2.24, 2.45) is 0 Å². The van der Waals surface area contributed by atoms with Crippen LogP contribution >= 0.6 is 0 Å². The molecule has 0 unspecified atom stereocenters. The van der Waals surface area contributed by atoms with E-state index in [1.165, 1.54) is 0 Å². The molecular weight excluding hydrogens is 352 g/mol. The van der Waals surface area contributed by atoms with Crippen LogP contribution in [-0.2, 0) is 5.41 Å². The quantitative estimate of drug-likeness (QED) is 0.215. The number of hydrogen-bond acceptors (Lipinski definition) is 1. The maximum absolute atomic E-state index is 12.9. The standard InChI is InChI=1S/C28H22O/c29-27(23-13-5-1-6-14-23)21-22-28(24-15-7-2-8-16-24,25-17-9-3-10-18-25)26-19-11-4-12-20-26/h1-22H/b22-21-. The van der Waals surface area contributed by atoms with Crippen molar-refractivity contribution in [1.82, 2.24) is 0 Å². The van der Waals surface area contributed by atoms with Crippen molar-refractivity contribution in [3.8, 4) is 0 Å². The number of benzene rings is 4. The highest BCUT2D eigenvalue weighted by atomic mass is 16.1. The van der Waals surface area contributed by atoms with Gasteiger partial charge < -0.3 is 0 Å². The molecule has 0 radical (unpaired) electrons. The van der Waals surface area contributed by atoms with Crippen LogP contribution in [0.2, 0.25) is 0 Å². The molecule has 140 valence electrons. The second-order valence-corrected chi connectivity index (χ2v) is 6.97. The zero-order valence-corrected chi connectivity index (χ0v) is 16.1. The summed E-state index contributed by atoms with van der Waals surface area (Å²) in [4.78, 5) is 12.9. The molecule has 0 aliphatic rings. The third kappa shape index (κ3) is 3.81. The Morgan fingerprint density at radius 2 is 0.862 bits per heavy atom. The van der Waals surface area contributed by atoms with Crippen LogP contribution in [0.1, 0.15) is 27.0 Å². The molecule has 0 saturated heterocycles. The van der Waals surface area contributed by atoms with Gasteiger partial charge in [0.25, 0.3) is 0 Å². The van der Waals surface area contributed by atoms with Crippen LogP contribution in [0.3, 0.4) is 0 Å². The number of hydrogen-bond donors (Lipinski definition) is 0. The minimum Gasteiger partial charge on any atom is -0.289 e. The second-order valence-electron chi connectivity index (χ2n) is 6.97. The molecule has 1 heteroatoms. The zero-order chi connectivity index (χ0) is 19.9. The molecule has 0 heterocycles. The monoisotopic (exact) mass is 374 g/mol. The van der Waals surface area contributed by atoms with Gasteiger partial charge in [0.2, 0.25) is 0 Å². The van der Waals surface area contributed by atoms with Gasteiger partial charge in [0.1, 0.15) is 0 Å². The topological polar surface area (TPSA) is 17.1 Å². The average Bonchev–Trinajstić information content (AvgIpc) is 2.82. The molecule has 0 aliphatic carbocycles. The van der Waals surface area contributed by atoms with Crippen molar-refractivity contribution in [2.45, 2.75) is 5.41 Å². The molecule has 1 nitrogen and oxygen atoms in total. The third-order valence-corrected chi connectivity index (χ3v) is 5.23. The fourth-order valence-corrected chi connectivity index (χ4v) is 3.79. The van der Waals surface area contributed by atoms with Crippen molar-refractivity contribution in [3.05, 3.63) is 156 Å². The molecule has 0 amide bonds. The number of rotatable bonds is 6. The van der Waals surface area contributed by atoms with E-state index < -0.39 is 5.41 Å². The molecule has 4 aromatic rings. The highest BCUT2D eigenvalue weighted by molar-refractivity contribution is 6.04. The summed E-state index contributed by atoms with van der Waals surface area (Å²) in [5, 5.41) is 0. The van der Waals surface area contributed by atoms with Crippen LogP contribution in [0.25, 0.3) is 0 Å². The third-order valence-electron chi connectivity index (χ3n) is 5.23. The Morgan fingerprint density at radius 1 is 0.517 bits per heavy atom. The van der Waals surface area contributed by atoms with Gasteiger partial charge in [0, 0.05) is 5.56 Å². The van der Waals surface area contributed by atoms with Gasteiger partial charge in [0.05, 0.1) is 5.41 Å². The van der Waals surface area contributed by atoms with Crippen LogP contribution in [0, 0.1) is 0 Å². The molecule has 0 fully saturated rings. The minimum atomic E-state index is -0.561. The summed E-state index contributed by atoms with van der Waals surface area (Å²) in [6, 6.07) is 40.4. The van der Waals surface area contributed by atoms with Crippen molar-refractivity contribution in [3.63, 3.8) is 0 Å². The van der Waals surface area contributed by atoms with Gasteiger partial charge >= 0.3 is 0 Å². The van der Waals surface area contributed by atoms with Gasteiger partial charge in [-0.15, -0.1) is 0 Å². The number of ketones is 1. The Bertz CT molecular complexity index is 985. The zero-order valence-electron chi connectivity index (χ0n) is 16.1. The highest BCUT2D eigenvalue weighted by Crippen LogP contribution is 2.40. The lowest BCUT2D eigenvalue weighted by Gasteiger charge is -2.33. The molecule has 0 spiro atoms.